The zero-order chi connectivity index (χ0) is 14.7. The Morgan fingerprint density at radius 3 is 3.14 bits per heavy atom. The summed E-state index contributed by atoms with van der Waals surface area (Å²) >= 11 is 1.56. The average molecular weight is 305 g/mol. The zero-order valence-corrected chi connectivity index (χ0v) is 11.7. The number of aryl methyl sites for hydroxylation is 1. The van der Waals surface area contributed by atoms with Crippen LogP contribution in [-0.4, -0.2) is 36.2 Å². The van der Waals surface area contributed by atoms with Crippen LogP contribution >= 0.6 is 11.3 Å². The fourth-order valence-corrected chi connectivity index (χ4v) is 2.37. The van der Waals surface area contributed by atoms with Crippen molar-refractivity contribution in [1.29, 1.82) is 0 Å². The predicted molar refractivity (Wildman–Crippen MR) is 72.7 cm³/mol. The van der Waals surface area contributed by atoms with Crippen LogP contribution in [0.3, 0.4) is 0 Å². The van der Waals surface area contributed by atoms with Crippen molar-refractivity contribution in [2.75, 3.05) is 0 Å². The minimum atomic E-state index is -0.859. The summed E-state index contributed by atoms with van der Waals surface area (Å²) in [5, 5.41) is 24.2. The fourth-order valence-electron chi connectivity index (χ4n) is 1.73. The molecule has 108 valence electrons. The van der Waals surface area contributed by atoms with Crippen LogP contribution in [-0.2, 0) is 17.8 Å². The van der Waals surface area contributed by atoms with Crippen molar-refractivity contribution < 1.29 is 14.4 Å². The van der Waals surface area contributed by atoms with Gasteiger partial charge in [-0.3, -0.25) is 4.79 Å². The van der Waals surface area contributed by atoms with E-state index in [0.717, 1.165) is 5.56 Å². The second-order valence-corrected chi connectivity index (χ2v) is 5.10. The smallest absolute Gasteiger partial charge is 0.303 e. The molecule has 0 fully saturated rings. The Balaban J connectivity index is 1.65. The first-order chi connectivity index (χ1) is 10.2. The van der Waals surface area contributed by atoms with Gasteiger partial charge in [0.05, 0.1) is 12.1 Å². The van der Waals surface area contributed by atoms with E-state index in [0.29, 0.717) is 30.4 Å². The van der Waals surface area contributed by atoms with Gasteiger partial charge in [0.2, 0.25) is 11.7 Å². The molecule has 0 spiro atoms. The molecule has 3 aromatic rings. The molecule has 0 aliphatic heterocycles. The van der Waals surface area contributed by atoms with Crippen molar-refractivity contribution in [3.8, 4) is 11.4 Å². The maximum absolute atomic E-state index is 10.5. The van der Waals surface area contributed by atoms with Gasteiger partial charge in [-0.2, -0.15) is 16.3 Å². The molecule has 1 N–H and O–H groups in total. The number of carboxylic acid groups (broad SMARTS) is 1. The average Bonchev–Trinajstić information content (AvgIpc) is 3.18. The second-order valence-electron chi connectivity index (χ2n) is 4.32. The lowest BCUT2D eigenvalue weighted by molar-refractivity contribution is -0.136. The summed E-state index contributed by atoms with van der Waals surface area (Å²) in [6.45, 7) is 0.303. The highest BCUT2D eigenvalue weighted by molar-refractivity contribution is 7.08. The predicted octanol–water partition coefficient (Wildman–Crippen LogP) is 1.46. The monoisotopic (exact) mass is 305 g/mol. The van der Waals surface area contributed by atoms with E-state index < -0.39 is 5.97 Å². The van der Waals surface area contributed by atoms with E-state index in [1.807, 2.05) is 16.8 Å². The Morgan fingerprint density at radius 2 is 2.38 bits per heavy atom. The van der Waals surface area contributed by atoms with Crippen molar-refractivity contribution in [2.24, 2.45) is 0 Å². The fraction of sp³-hybridized carbons (Fsp3) is 0.250. The van der Waals surface area contributed by atoms with Crippen molar-refractivity contribution in [3.05, 3.63) is 34.6 Å². The minimum absolute atomic E-state index is 0.0293. The van der Waals surface area contributed by atoms with Crippen molar-refractivity contribution in [3.63, 3.8) is 0 Å². The summed E-state index contributed by atoms with van der Waals surface area (Å²) in [4.78, 5) is 14.8. The number of carboxylic acids is 1. The lowest BCUT2D eigenvalue weighted by atomic mass is 10.2. The molecule has 0 amide bonds. The van der Waals surface area contributed by atoms with Gasteiger partial charge in [-0.15, -0.1) is 5.10 Å². The van der Waals surface area contributed by atoms with Gasteiger partial charge in [-0.1, -0.05) is 10.4 Å². The van der Waals surface area contributed by atoms with Crippen LogP contribution < -0.4 is 0 Å². The van der Waals surface area contributed by atoms with Gasteiger partial charge in [0.1, 0.15) is 6.54 Å². The van der Waals surface area contributed by atoms with E-state index >= 15 is 0 Å². The first kappa shape index (κ1) is 13.4. The molecule has 0 bridgehead atoms. The molecule has 0 radical (unpaired) electrons. The van der Waals surface area contributed by atoms with Gasteiger partial charge in [-0.05, 0) is 11.4 Å². The molecule has 3 aromatic heterocycles. The largest absolute Gasteiger partial charge is 0.481 e. The molecule has 0 atom stereocenters. The second kappa shape index (κ2) is 5.83. The highest BCUT2D eigenvalue weighted by Crippen LogP contribution is 2.18. The number of rotatable bonds is 6. The SMILES string of the molecule is O=C(O)CCc1cn(Cc2nc(-c3ccsc3)no2)nn1. The molecular weight excluding hydrogens is 294 g/mol. The molecule has 8 nitrogen and oxygen atoms in total. The molecule has 3 rings (SSSR count). The van der Waals surface area contributed by atoms with E-state index in [1.54, 1.807) is 22.2 Å². The van der Waals surface area contributed by atoms with Gasteiger partial charge in [0.15, 0.2) is 0 Å². The molecule has 0 saturated heterocycles. The van der Waals surface area contributed by atoms with Gasteiger partial charge in [-0.25, -0.2) is 4.68 Å². The third-order valence-electron chi connectivity index (χ3n) is 2.73. The van der Waals surface area contributed by atoms with E-state index in [4.69, 9.17) is 9.63 Å². The Hall–Kier alpha value is -2.55. The summed E-state index contributed by atoms with van der Waals surface area (Å²) in [6.07, 6.45) is 2.05. The minimum Gasteiger partial charge on any atom is -0.481 e. The van der Waals surface area contributed by atoms with Crippen molar-refractivity contribution in [1.82, 2.24) is 25.1 Å². The van der Waals surface area contributed by atoms with Crippen molar-refractivity contribution in [2.45, 2.75) is 19.4 Å². The summed E-state index contributed by atoms with van der Waals surface area (Å²) in [7, 11) is 0. The van der Waals surface area contributed by atoms with E-state index in [2.05, 4.69) is 20.5 Å². The van der Waals surface area contributed by atoms with Gasteiger partial charge >= 0.3 is 5.97 Å². The third-order valence-corrected chi connectivity index (χ3v) is 3.41. The lowest BCUT2D eigenvalue weighted by Crippen LogP contribution is -2.00. The topological polar surface area (TPSA) is 107 Å². The van der Waals surface area contributed by atoms with Crippen molar-refractivity contribution >= 4 is 17.3 Å². The van der Waals surface area contributed by atoms with Crippen LogP contribution in [0.25, 0.3) is 11.4 Å². The van der Waals surface area contributed by atoms with Crippen LogP contribution in [0.5, 0.6) is 0 Å². The molecule has 0 aromatic carbocycles. The van der Waals surface area contributed by atoms with E-state index in [9.17, 15) is 4.79 Å². The van der Waals surface area contributed by atoms with E-state index in [1.165, 1.54) is 0 Å². The van der Waals surface area contributed by atoms with Crippen LogP contribution in [0.4, 0.5) is 0 Å². The Kier molecular flexibility index (Phi) is 3.73. The number of thiophene rings is 1. The first-order valence-corrected chi connectivity index (χ1v) is 7.11. The zero-order valence-electron chi connectivity index (χ0n) is 10.8. The summed E-state index contributed by atoms with van der Waals surface area (Å²) < 4.78 is 6.70. The Morgan fingerprint density at radius 1 is 1.48 bits per heavy atom. The summed E-state index contributed by atoms with van der Waals surface area (Å²) in [6, 6.07) is 1.92. The number of aliphatic carboxylic acids is 1. The van der Waals surface area contributed by atoms with Crippen LogP contribution in [0, 0.1) is 0 Å². The molecule has 21 heavy (non-hydrogen) atoms. The standard InChI is InChI=1S/C12H11N5O3S/c18-11(19)2-1-9-5-17(16-14-9)6-10-13-12(15-20-10)8-3-4-21-7-8/h3-5,7H,1-2,6H2,(H,18,19). The first-order valence-electron chi connectivity index (χ1n) is 6.16. The number of hydrogen-bond donors (Lipinski definition) is 1. The maximum Gasteiger partial charge on any atom is 0.303 e. The van der Waals surface area contributed by atoms with Gasteiger partial charge in [0, 0.05) is 23.6 Å². The summed E-state index contributed by atoms with van der Waals surface area (Å²) in [5.74, 6) is 0.102. The number of hydrogen-bond acceptors (Lipinski definition) is 7. The van der Waals surface area contributed by atoms with Crippen LogP contribution in [0.2, 0.25) is 0 Å². The number of carbonyl (C=O) groups is 1. The lowest BCUT2D eigenvalue weighted by Gasteiger charge is -1.92. The number of nitrogens with zero attached hydrogens (tertiary/aromatic N) is 5. The van der Waals surface area contributed by atoms with Crippen LogP contribution in [0.1, 0.15) is 18.0 Å². The van der Waals surface area contributed by atoms with Gasteiger partial charge < -0.3 is 9.63 Å². The molecule has 0 aliphatic rings. The van der Waals surface area contributed by atoms with E-state index in [-0.39, 0.29) is 6.42 Å². The molecule has 0 unspecified atom stereocenters. The number of aromatic nitrogens is 5. The van der Waals surface area contributed by atoms with Gasteiger partial charge in [0.25, 0.3) is 0 Å². The molecule has 0 aliphatic carbocycles. The molecular formula is C12H11N5O3S. The molecule has 9 heteroatoms. The Bertz CT molecular complexity index is 734. The molecule has 0 saturated carbocycles. The Labute approximate surface area is 123 Å². The highest BCUT2D eigenvalue weighted by Gasteiger charge is 2.11. The molecule has 3 heterocycles. The highest BCUT2D eigenvalue weighted by atomic mass is 32.1. The quantitative estimate of drug-likeness (QED) is 0.734. The maximum atomic E-state index is 10.5. The summed E-state index contributed by atoms with van der Waals surface area (Å²) in [5.41, 5.74) is 1.53. The normalized spacial score (nSPS) is 10.9. The van der Waals surface area contributed by atoms with Crippen LogP contribution in [0.15, 0.2) is 27.5 Å². The third kappa shape index (κ3) is 3.31.